The second-order valence-electron chi connectivity index (χ2n) is 11.8. The fourth-order valence-corrected chi connectivity index (χ4v) is 6.42. The standard InChI is InChI=1S/C37H42N2O5/c1-24-35(22-39-15-14-30-18-33(41-2)34(42-3)19-32(30)21-39)43-37(44-36(24)27-12-10-25(23-40)11-13-27)31-9-5-8-29(17-31)28-7-4-6-26(16-28)20-38/h4-13,16-19,24,35-37,40H,14-15,20-23,38H2,1-3H3/t24-,35+,36+,37+/m1/s1. The van der Waals surface area contributed by atoms with Crippen LogP contribution < -0.4 is 15.2 Å². The molecule has 7 nitrogen and oxygen atoms in total. The number of hydrogen-bond acceptors (Lipinski definition) is 7. The molecule has 4 aromatic rings. The molecule has 0 unspecified atom stereocenters. The molecule has 0 aliphatic carbocycles. The number of rotatable bonds is 9. The Morgan fingerprint density at radius 3 is 2.23 bits per heavy atom. The molecule has 0 amide bonds. The second-order valence-corrected chi connectivity index (χ2v) is 11.8. The van der Waals surface area contributed by atoms with Gasteiger partial charge >= 0.3 is 0 Å². The smallest absolute Gasteiger partial charge is 0.184 e. The molecule has 1 fully saturated rings. The lowest BCUT2D eigenvalue weighted by molar-refractivity contribution is -0.276. The summed E-state index contributed by atoms with van der Waals surface area (Å²) >= 11 is 0. The Hall–Kier alpha value is -3.72. The van der Waals surface area contributed by atoms with E-state index in [4.69, 9.17) is 24.7 Å². The van der Waals surface area contributed by atoms with Crippen molar-refractivity contribution in [1.82, 2.24) is 4.90 Å². The highest BCUT2D eigenvalue weighted by Crippen LogP contribution is 2.43. The second kappa shape index (κ2) is 13.5. The number of nitrogens with two attached hydrogens (primary N) is 1. The fourth-order valence-electron chi connectivity index (χ4n) is 6.42. The first-order valence-corrected chi connectivity index (χ1v) is 15.4. The van der Waals surface area contributed by atoms with Gasteiger partial charge in [0.1, 0.15) is 0 Å². The van der Waals surface area contributed by atoms with Crippen LogP contribution in [0.5, 0.6) is 11.5 Å². The summed E-state index contributed by atoms with van der Waals surface area (Å²) in [5.74, 6) is 1.63. The summed E-state index contributed by atoms with van der Waals surface area (Å²) in [6.45, 7) is 5.26. The summed E-state index contributed by atoms with van der Waals surface area (Å²) in [6, 6.07) is 29.0. The van der Waals surface area contributed by atoms with Crippen molar-refractivity contribution < 1.29 is 24.1 Å². The monoisotopic (exact) mass is 594 g/mol. The molecule has 6 rings (SSSR count). The van der Waals surface area contributed by atoms with Gasteiger partial charge in [0, 0.05) is 37.7 Å². The van der Waals surface area contributed by atoms with Crippen LogP contribution in [0.3, 0.4) is 0 Å². The van der Waals surface area contributed by atoms with E-state index >= 15 is 0 Å². The van der Waals surface area contributed by atoms with Gasteiger partial charge in [0.25, 0.3) is 0 Å². The SMILES string of the molecule is COc1cc2c(cc1OC)CN(C[C@@H]1O[C@H](c3cccc(-c4cccc(CN)c4)c3)O[C@H](c3ccc(CO)cc3)[C@@H]1C)CC2. The van der Waals surface area contributed by atoms with Crippen molar-refractivity contribution in [2.75, 3.05) is 27.3 Å². The highest BCUT2D eigenvalue weighted by atomic mass is 16.7. The predicted octanol–water partition coefficient (Wildman–Crippen LogP) is 6.17. The van der Waals surface area contributed by atoms with Crippen molar-refractivity contribution in [3.8, 4) is 22.6 Å². The number of hydrogen-bond donors (Lipinski definition) is 2. The van der Waals surface area contributed by atoms with Gasteiger partial charge in [0.15, 0.2) is 17.8 Å². The topological polar surface area (TPSA) is 86.4 Å². The van der Waals surface area contributed by atoms with Crippen molar-refractivity contribution in [2.24, 2.45) is 11.7 Å². The summed E-state index contributed by atoms with van der Waals surface area (Å²) in [4.78, 5) is 2.47. The number of nitrogens with zero attached hydrogens (tertiary/aromatic N) is 1. The summed E-state index contributed by atoms with van der Waals surface area (Å²) < 4.78 is 24.7. The van der Waals surface area contributed by atoms with Crippen molar-refractivity contribution in [3.63, 3.8) is 0 Å². The van der Waals surface area contributed by atoms with Crippen LogP contribution in [0.25, 0.3) is 11.1 Å². The highest BCUT2D eigenvalue weighted by Gasteiger charge is 2.39. The van der Waals surface area contributed by atoms with Crippen LogP contribution in [-0.2, 0) is 35.6 Å². The van der Waals surface area contributed by atoms with Crippen LogP contribution in [0.4, 0.5) is 0 Å². The van der Waals surface area contributed by atoms with E-state index in [2.05, 4.69) is 72.5 Å². The minimum absolute atomic E-state index is 0.0148. The van der Waals surface area contributed by atoms with Gasteiger partial charge < -0.3 is 29.8 Å². The van der Waals surface area contributed by atoms with Crippen molar-refractivity contribution in [3.05, 3.63) is 118 Å². The molecule has 4 atom stereocenters. The van der Waals surface area contributed by atoms with E-state index < -0.39 is 6.29 Å². The van der Waals surface area contributed by atoms with E-state index in [9.17, 15) is 5.11 Å². The molecule has 2 heterocycles. The van der Waals surface area contributed by atoms with E-state index in [-0.39, 0.29) is 24.7 Å². The third-order valence-corrected chi connectivity index (χ3v) is 9.01. The normalized spacial score (nSPS) is 21.9. The predicted molar refractivity (Wildman–Crippen MR) is 171 cm³/mol. The Labute approximate surface area is 260 Å². The molecule has 2 aliphatic heterocycles. The van der Waals surface area contributed by atoms with Gasteiger partial charge in [-0.15, -0.1) is 0 Å². The largest absolute Gasteiger partial charge is 0.493 e. The third-order valence-electron chi connectivity index (χ3n) is 9.01. The van der Waals surface area contributed by atoms with Crippen LogP contribution in [0.2, 0.25) is 0 Å². The van der Waals surface area contributed by atoms with Gasteiger partial charge in [-0.2, -0.15) is 0 Å². The molecule has 0 bridgehead atoms. The Morgan fingerprint density at radius 1 is 0.818 bits per heavy atom. The van der Waals surface area contributed by atoms with Gasteiger partial charge in [-0.1, -0.05) is 67.6 Å². The first-order valence-electron chi connectivity index (χ1n) is 15.4. The minimum Gasteiger partial charge on any atom is -0.493 e. The molecule has 0 saturated carbocycles. The molecular weight excluding hydrogens is 552 g/mol. The lowest BCUT2D eigenvalue weighted by atomic mass is 9.89. The zero-order valence-electron chi connectivity index (χ0n) is 25.7. The molecule has 2 aliphatic rings. The van der Waals surface area contributed by atoms with Gasteiger partial charge in [-0.05, 0) is 69.6 Å². The molecule has 3 N–H and O–H groups in total. The van der Waals surface area contributed by atoms with Gasteiger partial charge in [-0.3, -0.25) is 4.90 Å². The van der Waals surface area contributed by atoms with Gasteiger partial charge in [-0.25, -0.2) is 0 Å². The van der Waals surface area contributed by atoms with Crippen LogP contribution in [0.1, 0.15) is 52.7 Å². The number of ether oxygens (including phenoxy) is 4. The Balaban J connectivity index is 1.28. The van der Waals surface area contributed by atoms with Gasteiger partial charge in [0.05, 0.1) is 33.0 Å². The first-order chi connectivity index (χ1) is 21.5. The highest BCUT2D eigenvalue weighted by molar-refractivity contribution is 5.65. The zero-order valence-corrected chi connectivity index (χ0v) is 25.7. The molecular formula is C37H42N2O5. The van der Waals surface area contributed by atoms with Gasteiger partial charge in [0.2, 0.25) is 0 Å². The fraction of sp³-hybridized carbons (Fsp3) is 0.351. The number of fused-ring (bicyclic) bond motifs is 1. The van der Waals surface area contributed by atoms with E-state index in [1.165, 1.54) is 11.1 Å². The van der Waals surface area contributed by atoms with E-state index in [1.54, 1.807) is 14.2 Å². The molecule has 0 radical (unpaired) electrons. The maximum absolute atomic E-state index is 9.61. The minimum atomic E-state index is -0.530. The Kier molecular flexibility index (Phi) is 9.31. The summed E-state index contributed by atoms with van der Waals surface area (Å²) in [7, 11) is 3.36. The maximum Gasteiger partial charge on any atom is 0.184 e. The zero-order chi connectivity index (χ0) is 30.6. The molecule has 1 saturated heterocycles. The number of aliphatic hydroxyl groups excluding tert-OH is 1. The lowest BCUT2D eigenvalue weighted by Crippen LogP contribution is -2.45. The third kappa shape index (κ3) is 6.39. The van der Waals surface area contributed by atoms with Crippen LogP contribution in [0.15, 0.2) is 84.9 Å². The lowest BCUT2D eigenvalue weighted by Gasteiger charge is -2.43. The van der Waals surface area contributed by atoms with E-state index in [0.717, 1.165) is 70.9 Å². The van der Waals surface area contributed by atoms with Crippen molar-refractivity contribution in [1.29, 1.82) is 0 Å². The van der Waals surface area contributed by atoms with E-state index in [1.807, 2.05) is 24.3 Å². The number of aliphatic hydroxyl groups is 1. The average molecular weight is 595 g/mol. The first kappa shape index (κ1) is 30.3. The number of benzene rings is 4. The van der Waals surface area contributed by atoms with Crippen molar-refractivity contribution >= 4 is 0 Å². The quantitative estimate of drug-likeness (QED) is 0.240. The van der Waals surface area contributed by atoms with Crippen LogP contribution >= 0.6 is 0 Å². The molecule has 4 aromatic carbocycles. The summed E-state index contributed by atoms with van der Waals surface area (Å²) in [6.07, 6.45) is 0.171. The van der Waals surface area contributed by atoms with Crippen LogP contribution in [0, 0.1) is 5.92 Å². The molecule has 0 aromatic heterocycles. The molecule has 44 heavy (non-hydrogen) atoms. The summed E-state index contributed by atoms with van der Waals surface area (Å²) in [5, 5.41) is 9.61. The Morgan fingerprint density at radius 2 is 1.52 bits per heavy atom. The molecule has 7 heteroatoms. The molecule has 0 spiro atoms. The number of methoxy groups -OCH3 is 2. The summed E-state index contributed by atoms with van der Waals surface area (Å²) in [5.41, 5.74) is 14.7. The van der Waals surface area contributed by atoms with E-state index in [0.29, 0.717) is 6.54 Å². The molecule has 230 valence electrons. The maximum atomic E-state index is 9.61. The van der Waals surface area contributed by atoms with Crippen LogP contribution in [-0.4, -0.2) is 43.4 Å². The van der Waals surface area contributed by atoms with Crippen molar-refractivity contribution in [2.45, 2.75) is 51.5 Å². The Bertz CT molecular complexity index is 1570. The average Bonchev–Trinajstić information content (AvgIpc) is 3.08.